The third-order valence-electron chi connectivity index (χ3n) is 5.85. The second kappa shape index (κ2) is 5.26. The van der Waals surface area contributed by atoms with Crippen molar-refractivity contribution in [3.05, 3.63) is 54.5 Å². The molecule has 1 aromatic carbocycles. The normalized spacial score (nSPS) is 26.0. The summed E-state index contributed by atoms with van der Waals surface area (Å²) >= 11 is 0. The average molecular weight is 362 g/mol. The first kappa shape index (κ1) is 15.1. The van der Waals surface area contributed by atoms with E-state index in [9.17, 15) is 4.79 Å². The van der Waals surface area contributed by atoms with Crippen LogP contribution in [0.1, 0.15) is 24.4 Å². The summed E-state index contributed by atoms with van der Waals surface area (Å²) in [6.45, 7) is 0.985. The Morgan fingerprint density at radius 2 is 1.93 bits per heavy atom. The Morgan fingerprint density at radius 3 is 2.78 bits per heavy atom. The number of hydrogen-bond donors (Lipinski definition) is 0. The van der Waals surface area contributed by atoms with E-state index in [0.29, 0.717) is 19.0 Å². The second-order valence-electron chi connectivity index (χ2n) is 7.41. The summed E-state index contributed by atoms with van der Waals surface area (Å²) in [4.78, 5) is 25.8. The van der Waals surface area contributed by atoms with Crippen molar-refractivity contribution in [1.29, 1.82) is 0 Å². The average Bonchev–Trinajstić information content (AvgIpc) is 3.36. The number of amides is 1. The van der Waals surface area contributed by atoms with Crippen molar-refractivity contribution in [2.24, 2.45) is 0 Å². The number of anilines is 1. The lowest BCUT2D eigenvalue weighted by atomic mass is 9.92. The van der Waals surface area contributed by atoms with Gasteiger partial charge in [-0.15, -0.1) is 0 Å². The van der Waals surface area contributed by atoms with Crippen LogP contribution in [0.3, 0.4) is 0 Å². The quantitative estimate of drug-likeness (QED) is 0.686. The van der Waals surface area contributed by atoms with E-state index in [-0.39, 0.29) is 18.2 Å². The molecule has 1 spiro atoms. The van der Waals surface area contributed by atoms with Gasteiger partial charge in [-0.1, -0.05) is 30.3 Å². The molecule has 0 unspecified atom stereocenters. The molecule has 3 fully saturated rings. The molecule has 0 N–H and O–H groups in total. The van der Waals surface area contributed by atoms with Crippen LogP contribution in [0.25, 0.3) is 5.65 Å². The monoisotopic (exact) mass is 362 g/mol. The summed E-state index contributed by atoms with van der Waals surface area (Å²) in [7, 11) is 0. The van der Waals surface area contributed by atoms with Crippen LogP contribution in [0, 0.1) is 0 Å². The highest BCUT2D eigenvalue weighted by molar-refractivity contribution is 5.91. The summed E-state index contributed by atoms with van der Waals surface area (Å²) in [6, 6.07) is 12.2. The molecule has 8 heteroatoms. The van der Waals surface area contributed by atoms with E-state index in [2.05, 4.69) is 27.2 Å². The molecular weight excluding hydrogens is 344 g/mol. The van der Waals surface area contributed by atoms with E-state index in [1.54, 1.807) is 10.7 Å². The molecule has 0 radical (unpaired) electrons. The van der Waals surface area contributed by atoms with E-state index >= 15 is 0 Å². The number of carbonyl (C=O) groups is 1. The number of nitrogens with zero attached hydrogens (tertiary/aromatic N) is 6. The fourth-order valence-corrected chi connectivity index (χ4v) is 4.60. The van der Waals surface area contributed by atoms with Crippen LogP contribution in [0.5, 0.6) is 0 Å². The predicted molar refractivity (Wildman–Crippen MR) is 95.9 cm³/mol. The molecule has 2 atom stereocenters. The van der Waals surface area contributed by atoms with Crippen molar-refractivity contribution in [3.63, 3.8) is 0 Å². The van der Waals surface area contributed by atoms with Gasteiger partial charge in [0.15, 0.2) is 11.2 Å². The second-order valence-corrected chi connectivity index (χ2v) is 7.41. The van der Waals surface area contributed by atoms with Gasteiger partial charge in [-0.25, -0.2) is 9.97 Å². The summed E-state index contributed by atoms with van der Waals surface area (Å²) in [6.07, 6.45) is 4.92. The summed E-state index contributed by atoms with van der Waals surface area (Å²) in [5.74, 6) is 0.791. The molecule has 0 aliphatic carbocycles. The largest absolute Gasteiger partial charge is 0.338 e. The van der Waals surface area contributed by atoms with Crippen LogP contribution >= 0.6 is 0 Å². The highest BCUT2D eigenvalue weighted by Crippen LogP contribution is 2.47. The topological polar surface area (TPSA) is 75.9 Å². The first-order valence-corrected chi connectivity index (χ1v) is 9.20. The molecule has 3 saturated heterocycles. The van der Waals surface area contributed by atoms with Gasteiger partial charge in [-0.3, -0.25) is 4.79 Å². The molecule has 3 aliphatic heterocycles. The molecule has 5 heterocycles. The first-order chi connectivity index (χ1) is 13.3. The maximum absolute atomic E-state index is 13.3. The van der Waals surface area contributed by atoms with E-state index in [1.165, 1.54) is 11.9 Å². The molecule has 0 bridgehead atoms. The van der Waals surface area contributed by atoms with Crippen LogP contribution in [0.15, 0.2) is 48.9 Å². The Bertz CT molecular complexity index is 1030. The smallest absolute Gasteiger partial charge is 0.261 e. The van der Waals surface area contributed by atoms with Crippen molar-refractivity contribution >= 4 is 17.5 Å². The van der Waals surface area contributed by atoms with Gasteiger partial charge in [-0.05, 0) is 18.4 Å². The number of hydrogen-bond acceptors (Lipinski definition) is 6. The highest BCUT2D eigenvalue weighted by atomic mass is 16.6. The van der Waals surface area contributed by atoms with E-state index in [0.717, 1.165) is 18.5 Å². The molecular formula is C19H18N6O2. The van der Waals surface area contributed by atoms with Gasteiger partial charge in [0.05, 0.1) is 25.3 Å². The van der Waals surface area contributed by atoms with Gasteiger partial charge in [0, 0.05) is 6.07 Å². The minimum Gasteiger partial charge on any atom is -0.338 e. The summed E-state index contributed by atoms with van der Waals surface area (Å²) in [5.41, 5.74) is 1.16. The fourth-order valence-electron chi connectivity index (χ4n) is 4.60. The maximum atomic E-state index is 13.3. The zero-order valence-corrected chi connectivity index (χ0v) is 14.6. The standard InChI is InChI=1S/C19H18N6O2/c26-17-19(10-23(11-19)18-21-12-20-15-8-9-22-25(15)18)27-16-7-6-14(24(16)17)13-4-2-1-3-5-13/h1-5,8-9,12,14,16H,6-7,10-11H2/t14-,16+/m0/s1. The van der Waals surface area contributed by atoms with E-state index in [1.807, 2.05) is 34.1 Å². The van der Waals surface area contributed by atoms with Crippen molar-refractivity contribution < 1.29 is 9.53 Å². The van der Waals surface area contributed by atoms with Gasteiger partial charge in [-0.2, -0.15) is 9.61 Å². The molecule has 0 saturated carbocycles. The fraction of sp³-hybridized carbons (Fsp3) is 0.368. The Hall–Kier alpha value is -3.00. The minimum atomic E-state index is -0.761. The number of rotatable bonds is 2. The summed E-state index contributed by atoms with van der Waals surface area (Å²) < 4.78 is 7.97. The van der Waals surface area contributed by atoms with Crippen molar-refractivity contribution in [2.45, 2.75) is 30.7 Å². The van der Waals surface area contributed by atoms with Gasteiger partial charge in [0.2, 0.25) is 5.95 Å². The predicted octanol–water partition coefficient (Wildman–Crippen LogP) is 1.40. The Morgan fingerprint density at radius 1 is 1.07 bits per heavy atom. The number of benzene rings is 1. The molecule has 27 heavy (non-hydrogen) atoms. The Balaban J connectivity index is 1.27. The van der Waals surface area contributed by atoms with Crippen LogP contribution in [0.4, 0.5) is 5.95 Å². The first-order valence-electron chi connectivity index (χ1n) is 9.20. The third-order valence-corrected chi connectivity index (χ3v) is 5.85. The van der Waals surface area contributed by atoms with Crippen LogP contribution in [-0.2, 0) is 9.53 Å². The van der Waals surface area contributed by atoms with Crippen molar-refractivity contribution in [1.82, 2.24) is 24.5 Å². The SMILES string of the molecule is O=C1N2[C@@H](CC[C@H]2c2ccccc2)OC12CN(c1ncnc3ccnn13)C2. The number of ether oxygens (including phenoxy) is 1. The molecule has 6 rings (SSSR count). The number of fused-ring (bicyclic) bond motifs is 2. The van der Waals surface area contributed by atoms with Crippen LogP contribution in [-0.4, -0.2) is 55.3 Å². The lowest BCUT2D eigenvalue weighted by Gasteiger charge is -2.45. The lowest BCUT2D eigenvalue weighted by molar-refractivity contribution is -0.141. The van der Waals surface area contributed by atoms with E-state index in [4.69, 9.17) is 4.74 Å². The molecule has 2 aromatic heterocycles. The lowest BCUT2D eigenvalue weighted by Crippen LogP contribution is -2.67. The third kappa shape index (κ3) is 2.01. The molecule has 1 amide bonds. The minimum absolute atomic E-state index is 0.0980. The summed E-state index contributed by atoms with van der Waals surface area (Å²) in [5, 5.41) is 4.28. The van der Waals surface area contributed by atoms with E-state index < -0.39 is 5.60 Å². The van der Waals surface area contributed by atoms with Gasteiger partial charge < -0.3 is 14.5 Å². The van der Waals surface area contributed by atoms with Crippen molar-refractivity contribution in [2.75, 3.05) is 18.0 Å². The molecule has 3 aliphatic rings. The zero-order valence-electron chi connectivity index (χ0n) is 14.6. The highest BCUT2D eigenvalue weighted by Gasteiger charge is 2.63. The van der Waals surface area contributed by atoms with Crippen molar-refractivity contribution in [3.8, 4) is 0 Å². The Kier molecular flexibility index (Phi) is 2.94. The van der Waals surface area contributed by atoms with Gasteiger partial charge in [0.25, 0.3) is 5.91 Å². The van der Waals surface area contributed by atoms with Crippen LogP contribution < -0.4 is 4.90 Å². The van der Waals surface area contributed by atoms with Gasteiger partial charge in [0.1, 0.15) is 12.6 Å². The maximum Gasteiger partial charge on any atom is 0.261 e. The van der Waals surface area contributed by atoms with Gasteiger partial charge >= 0.3 is 0 Å². The molecule has 8 nitrogen and oxygen atoms in total. The number of aromatic nitrogens is 4. The zero-order chi connectivity index (χ0) is 18.0. The number of carbonyl (C=O) groups excluding carboxylic acids is 1. The Labute approximate surface area is 155 Å². The molecule has 136 valence electrons. The molecule has 3 aromatic rings. The van der Waals surface area contributed by atoms with Crippen LogP contribution in [0.2, 0.25) is 0 Å².